The number of carbonyl (C=O) groups is 15. The van der Waals surface area contributed by atoms with Crippen molar-refractivity contribution in [3.8, 4) is 0 Å². The molecule has 4 heterocycles. The third-order valence-corrected chi connectivity index (χ3v) is 31.5. The van der Waals surface area contributed by atoms with Crippen molar-refractivity contribution < 1.29 is 71.9 Å². The van der Waals surface area contributed by atoms with Crippen LogP contribution in [-0.4, -0.2) is 190 Å². The molecule has 736 valence electrons. The number of ketones is 4. The van der Waals surface area contributed by atoms with Crippen molar-refractivity contribution >= 4 is 121 Å². The maximum atomic E-state index is 14.0. The summed E-state index contributed by atoms with van der Waals surface area (Å²) < 4.78 is 0. The lowest BCUT2D eigenvalue weighted by Crippen LogP contribution is -2.56. The van der Waals surface area contributed by atoms with Gasteiger partial charge in [0.15, 0.2) is 23.1 Å². The highest BCUT2D eigenvalue weighted by Crippen LogP contribution is 2.45. The van der Waals surface area contributed by atoms with Gasteiger partial charge in [-0.2, -0.15) is 0 Å². The van der Waals surface area contributed by atoms with Gasteiger partial charge in [-0.15, -0.1) is 0 Å². The predicted octanol–water partition coefficient (Wildman–Crippen LogP) is 12.8. The van der Waals surface area contributed by atoms with Crippen LogP contribution in [0.1, 0.15) is 251 Å². The van der Waals surface area contributed by atoms with E-state index in [1.807, 2.05) is 145 Å². The molecule has 4 saturated carbocycles. The second-order valence-electron chi connectivity index (χ2n) is 40.0. The Morgan fingerprint density at radius 2 is 0.686 bits per heavy atom. The molecule has 10 N–H and O–H groups in total. The molecule has 6 aromatic rings. The van der Waals surface area contributed by atoms with Crippen LogP contribution in [0.4, 0.5) is 11.4 Å². The van der Waals surface area contributed by atoms with Crippen LogP contribution in [0.3, 0.4) is 0 Å². The number of Topliss-reactive ketones (excluding diaryl/α,β-unsaturated/α-hetero) is 4. The first kappa shape index (κ1) is 103. The van der Waals surface area contributed by atoms with E-state index in [1.165, 1.54) is 49.4 Å². The molecule has 28 heteroatoms. The van der Waals surface area contributed by atoms with Gasteiger partial charge in [0.25, 0.3) is 0 Å². The summed E-state index contributed by atoms with van der Waals surface area (Å²) >= 11 is 0. The van der Waals surface area contributed by atoms with Crippen molar-refractivity contribution in [2.45, 2.75) is 296 Å². The topological polar surface area (TPSA) is 386 Å². The molecule has 6 aromatic carbocycles. The first-order valence-electron chi connectivity index (χ1n) is 50.8. The Bertz CT molecular complexity index is 5380. The Kier molecular flexibility index (Phi) is 35.9. The summed E-state index contributed by atoms with van der Waals surface area (Å²) in [5.41, 5.74) is 6.39. The monoisotopic (exact) mass is 1880 g/mol. The molecule has 11 amide bonds. The number of amides is 11. The van der Waals surface area contributed by atoms with Crippen LogP contribution in [0, 0.1) is 65.1 Å². The number of hydrogen-bond acceptors (Lipinski definition) is 17. The van der Waals surface area contributed by atoms with Crippen LogP contribution in [0.25, 0.3) is 21.5 Å². The van der Waals surface area contributed by atoms with Gasteiger partial charge in [0, 0.05) is 135 Å². The summed E-state index contributed by atoms with van der Waals surface area (Å²) in [5, 5.41) is 35.4. The molecule has 4 aliphatic heterocycles. The zero-order valence-corrected chi connectivity index (χ0v) is 81.9. The van der Waals surface area contributed by atoms with Gasteiger partial charge in [-0.25, -0.2) is 0 Å². The van der Waals surface area contributed by atoms with Gasteiger partial charge in [0.2, 0.25) is 65.0 Å². The van der Waals surface area contributed by atoms with Gasteiger partial charge in [-0.3, -0.25) is 71.9 Å². The maximum absolute atomic E-state index is 14.0. The number of anilines is 2. The number of rotatable bonds is 20. The standard InChI is InChI=1S/C29H36N4O5.C28H39N3O4.C26H37N3O3.C26H33N3O3/c1-17(32(4)18(2)34)28(37)31-24-13-8-16-33(19(3)35)25-15-14-22(26(25)27(24)36)29(38)30-23-12-7-10-20-9-5-6-11-21(20)23;1-4-17(2)27(34)30-23-13-8-16-31(18(3)32)24-15-14-21(25(24)26(23)33)28(35)29-22-12-7-10-19-9-5-6-11-20(19)22;2*1-3-16(2)25(31)29-22-12-7-15-27-21-14-13-19(23(21)24(22)30)26(32)28-20-11-6-9-17-8-4-5-10-18(17)20/h5-7,9-12,17,22,24-26H,8,13-16H2,1-4H3,(H,30,38)(H,31,37);5-6,9,11,17,21-25H,4,7-8,10,12-16H2,1-3H3,(H,29,35)(H,30,34);4-5,8,10,16,19-23,27H,3,6-7,9,11-15H2,1-2H3,(H,28,32)(H,29,31);4-6,8-11,16,19,21-23,27H,3,7,12-15H2,1-2H3,(H,28,32)(H,29,31)/t17-,22?,24-,25-,26?;17-,21?,22-,23+,24?,25?;16-,19?,20-,21?,22+,23?;16-,19?,21?,22+,23?/m0111/s1. The number of nitrogens with one attached hydrogen (secondary N) is 10. The molecule has 0 aromatic heterocycles. The average Bonchev–Trinajstić information content (AvgIpc) is 1.64. The third-order valence-electron chi connectivity index (χ3n) is 31.5. The second kappa shape index (κ2) is 47.8. The molecule has 8 fully saturated rings. The lowest BCUT2D eigenvalue weighted by molar-refractivity contribution is -0.142. The molecule has 22 atom stereocenters. The number of fused-ring (bicyclic) bond motifs is 8. The van der Waals surface area contributed by atoms with Crippen molar-refractivity contribution in [2.75, 3.05) is 43.9 Å². The Labute approximate surface area is 806 Å². The molecule has 0 bridgehead atoms. The zero-order valence-electron chi connectivity index (χ0n) is 81.9. The number of hydrogen-bond donors (Lipinski definition) is 10. The summed E-state index contributed by atoms with van der Waals surface area (Å²) in [6.07, 6.45) is 18.2. The van der Waals surface area contributed by atoms with E-state index in [-0.39, 0.29) is 142 Å². The van der Waals surface area contributed by atoms with Crippen molar-refractivity contribution in [1.82, 2.24) is 57.2 Å². The highest BCUT2D eigenvalue weighted by molar-refractivity contribution is 6.07. The minimum atomic E-state index is -0.794. The van der Waals surface area contributed by atoms with Crippen LogP contribution in [-0.2, 0) is 84.8 Å². The van der Waals surface area contributed by atoms with E-state index in [9.17, 15) is 71.9 Å². The fraction of sp³-hybridized carbons (Fsp3) is 0.569. The number of carbonyl (C=O) groups excluding carboxylic acids is 15. The van der Waals surface area contributed by atoms with E-state index in [4.69, 9.17) is 0 Å². The summed E-state index contributed by atoms with van der Waals surface area (Å²) in [7, 11) is 1.54. The van der Waals surface area contributed by atoms with Crippen molar-refractivity contribution in [1.29, 1.82) is 0 Å². The fourth-order valence-corrected chi connectivity index (χ4v) is 22.9. The minimum absolute atomic E-state index is 0.00516. The molecule has 4 saturated heterocycles. The second-order valence-corrected chi connectivity index (χ2v) is 40.0. The van der Waals surface area contributed by atoms with Gasteiger partial charge in [-0.1, -0.05) is 163 Å². The number of likely N-dealkylation sites (tertiary alicyclic amines) is 2. The van der Waals surface area contributed by atoms with E-state index in [1.54, 1.807) is 16.7 Å². The van der Waals surface area contributed by atoms with Crippen LogP contribution < -0.4 is 53.2 Å². The van der Waals surface area contributed by atoms with E-state index >= 15 is 0 Å². The fourth-order valence-electron chi connectivity index (χ4n) is 22.9. The van der Waals surface area contributed by atoms with Crippen LogP contribution in [0.2, 0.25) is 0 Å². The molecule has 0 radical (unpaired) electrons. The minimum Gasteiger partial charge on any atom is -0.349 e. The summed E-state index contributed by atoms with van der Waals surface area (Å²) in [5.74, 6) is -6.35. The van der Waals surface area contributed by atoms with Crippen LogP contribution in [0.15, 0.2) is 133 Å². The third kappa shape index (κ3) is 24.5. The van der Waals surface area contributed by atoms with Gasteiger partial charge in [0.1, 0.15) is 6.04 Å². The molecule has 6 aliphatic carbocycles. The lowest BCUT2D eigenvalue weighted by Gasteiger charge is -2.38. The smallest absolute Gasteiger partial charge is 0.243 e. The molecule has 10 aliphatic rings. The molecule has 0 spiro atoms. The molecule has 137 heavy (non-hydrogen) atoms. The van der Waals surface area contributed by atoms with Crippen molar-refractivity contribution in [2.24, 2.45) is 65.1 Å². The SMILES string of the molecule is CC(=O)N(C)[C@@H](C)C(=O)N[C@H]1CCCN(C(C)=O)[C@H]2CCC(C(=O)Nc3cccc4ccccc34)C2C1=O.CC[C@@H](C)C(=O)N[C@H]1CCCN(C(C)=O)C2CCC(C(=O)N[C@@H]3CCCc4ccccc43)C2C1=O.CC[C@@H](C)C(=O)N[C@H]1CCCNC2CCC(C(=O)N[C@@H]3CCCc4ccccc43)C2C1=O.CC[C@@H](C)C(=O)N[C@H]1CCCNC2CCC(C(=O)Nc3cccc4ccccc34)C2C1=O. The number of benzene rings is 6. The molecule has 16 rings (SSSR count). The molecule has 28 nitrogen and oxygen atoms in total. The summed E-state index contributed by atoms with van der Waals surface area (Å²) in [6, 6.07) is 39.9. The van der Waals surface area contributed by atoms with E-state index < -0.39 is 77.7 Å². The Morgan fingerprint density at radius 1 is 0.358 bits per heavy atom. The highest BCUT2D eigenvalue weighted by Gasteiger charge is 2.54. The number of aryl methyl sites for hydroxylation is 2. The van der Waals surface area contributed by atoms with Crippen LogP contribution >= 0.6 is 0 Å². The van der Waals surface area contributed by atoms with E-state index in [2.05, 4.69) is 83.5 Å². The number of likely N-dealkylation sites (N-methyl/N-ethyl adjacent to an activating group) is 1. The normalized spacial score (nSPS) is 27.6. The zero-order chi connectivity index (χ0) is 98.0. The Morgan fingerprint density at radius 3 is 1.08 bits per heavy atom. The van der Waals surface area contributed by atoms with Crippen LogP contribution in [0.5, 0.6) is 0 Å². The predicted molar refractivity (Wildman–Crippen MR) is 527 cm³/mol. The Hall–Kier alpha value is -11.4. The van der Waals surface area contributed by atoms with E-state index in [0.717, 1.165) is 123 Å². The largest absolute Gasteiger partial charge is 0.349 e. The first-order chi connectivity index (χ1) is 65.9. The summed E-state index contributed by atoms with van der Waals surface area (Å²) in [4.78, 5) is 201. The highest BCUT2D eigenvalue weighted by atomic mass is 16.2. The van der Waals surface area contributed by atoms with Crippen molar-refractivity contribution in [3.05, 3.63) is 156 Å². The molecule has 11 unspecified atom stereocenters. The summed E-state index contributed by atoms with van der Waals surface area (Å²) in [6.45, 7) is 20.1. The molecular formula is C109H145N13O15. The van der Waals surface area contributed by atoms with Gasteiger partial charge in [0.05, 0.1) is 54.0 Å². The number of nitrogens with zero attached hydrogens (tertiary/aromatic N) is 3. The van der Waals surface area contributed by atoms with Gasteiger partial charge >= 0.3 is 0 Å². The van der Waals surface area contributed by atoms with Gasteiger partial charge in [-0.05, 0) is 226 Å². The van der Waals surface area contributed by atoms with Crippen molar-refractivity contribution in [3.63, 3.8) is 0 Å². The Balaban J connectivity index is 0.000000155. The maximum Gasteiger partial charge on any atom is 0.243 e. The van der Waals surface area contributed by atoms with Gasteiger partial charge < -0.3 is 67.9 Å². The first-order valence-corrected chi connectivity index (χ1v) is 50.8. The molecular weight excluding hydrogens is 1730 g/mol. The lowest BCUT2D eigenvalue weighted by atomic mass is 9.81. The quantitative estimate of drug-likeness (QED) is 0.0339. The van der Waals surface area contributed by atoms with E-state index in [0.29, 0.717) is 102 Å². The average molecular weight is 1880 g/mol.